The SMILES string of the molecule is CS(=O)(=O)CCOc1cc(CO)ccc1[N+](=O)[O-]. The third-order valence-corrected chi connectivity index (χ3v) is 3.02. The summed E-state index contributed by atoms with van der Waals surface area (Å²) in [6.45, 7) is -0.449. The first-order chi connectivity index (χ1) is 8.33. The predicted molar refractivity (Wildman–Crippen MR) is 64.2 cm³/mol. The fraction of sp³-hybridized carbons (Fsp3) is 0.400. The van der Waals surface area contributed by atoms with E-state index in [1.807, 2.05) is 0 Å². The van der Waals surface area contributed by atoms with Crippen LogP contribution in [0, 0.1) is 10.1 Å². The first-order valence-corrected chi connectivity index (χ1v) is 7.08. The van der Waals surface area contributed by atoms with Crippen LogP contribution < -0.4 is 4.74 Å². The highest BCUT2D eigenvalue weighted by Crippen LogP contribution is 2.27. The molecule has 8 heteroatoms. The van der Waals surface area contributed by atoms with Crippen LogP contribution >= 0.6 is 0 Å². The number of sulfone groups is 1. The average Bonchev–Trinajstić information content (AvgIpc) is 2.26. The Bertz CT molecular complexity index is 539. The zero-order chi connectivity index (χ0) is 13.8. The number of rotatable bonds is 6. The van der Waals surface area contributed by atoms with Gasteiger partial charge in [-0.15, -0.1) is 0 Å². The molecule has 0 bridgehead atoms. The molecule has 0 aliphatic carbocycles. The van der Waals surface area contributed by atoms with E-state index in [4.69, 9.17) is 9.84 Å². The first kappa shape index (κ1) is 14.4. The second-order valence-electron chi connectivity index (χ2n) is 3.70. The molecular formula is C10H13NO6S. The standard InChI is InChI=1S/C10H13NO6S/c1-18(15,16)5-4-17-10-6-8(7-12)2-3-9(10)11(13)14/h2-3,6,12H,4-5,7H2,1H3. The average molecular weight is 275 g/mol. The first-order valence-electron chi connectivity index (χ1n) is 5.02. The molecule has 0 unspecified atom stereocenters. The number of hydrogen-bond acceptors (Lipinski definition) is 6. The molecule has 7 nitrogen and oxygen atoms in total. The van der Waals surface area contributed by atoms with Crippen molar-refractivity contribution in [2.45, 2.75) is 6.61 Å². The van der Waals surface area contributed by atoms with Gasteiger partial charge in [-0.3, -0.25) is 10.1 Å². The summed E-state index contributed by atoms with van der Waals surface area (Å²) in [6.07, 6.45) is 1.05. The molecule has 0 aromatic heterocycles. The summed E-state index contributed by atoms with van der Waals surface area (Å²) in [7, 11) is -3.19. The van der Waals surface area contributed by atoms with Gasteiger partial charge in [-0.25, -0.2) is 8.42 Å². The van der Waals surface area contributed by atoms with Gasteiger partial charge in [0.05, 0.1) is 17.3 Å². The minimum absolute atomic E-state index is 0.0461. The Morgan fingerprint density at radius 1 is 1.44 bits per heavy atom. The van der Waals surface area contributed by atoms with Gasteiger partial charge in [-0.1, -0.05) is 0 Å². The van der Waals surface area contributed by atoms with Crippen LogP contribution in [0.5, 0.6) is 5.75 Å². The summed E-state index contributed by atoms with van der Waals surface area (Å²) in [5.74, 6) is -0.275. The Kier molecular flexibility index (Phi) is 4.62. The summed E-state index contributed by atoms with van der Waals surface area (Å²) in [4.78, 5) is 10.1. The maximum Gasteiger partial charge on any atom is 0.310 e. The molecule has 1 N–H and O–H groups in total. The van der Waals surface area contributed by atoms with Crippen molar-refractivity contribution < 1.29 is 23.2 Å². The smallest absolute Gasteiger partial charge is 0.310 e. The zero-order valence-electron chi connectivity index (χ0n) is 9.70. The topological polar surface area (TPSA) is 107 Å². The molecule has 0 spiro atoms. The summed E-state index contributed by atoms with van der Waals surface area (Å²) >= 11 is 0. The molecule has 0 aliphatic heterocycles. The van der Waals surface area contributed by atoms with E-state index in [2.05, 4.69) is 0 Å². The summed E-state index contributed by atoms with van der Waals surface area (Å²) < 4.78 is 26.9. The maximum atomic E-state index is 10.9. The Labute approximate surface area is 104 Å². The van der Waals surface area contributed by atoms with Crippen LogP contribution in [0.25, 0.3) is 0 Å². The summed E-state index contributed by atoms with van der Waals surface area (Å²) in [5, 5.41) is 19.7. The van der Waals surface area contributed by atoms with Gasteiger partial charge in [0.25, 0.3) is 0 Å². The predicted octanol–water partition coefficient (Wildman–Crippen LogP) is 0.510. The van der Waals surface area contributed by atoms with E-state index in [-0.39, 0.29) is 30.4 Å². The van der Waals surface area contributed by atoms with Crippen LogP contribution in [0.1, 0.15) is 5.56 Å². The molecule has 0 radical (unpaired) electrons. The third kappa shape index (κ3) is 4.30. The third-order valence-electron chi connectivity index (χ3n) is 2.12. The summed E-state index contributed by atoms with van der Waals surface area (Å²) in [5.41, 5.74) is 0.190. The second kappa shape index (κ2) is 5.78. The van der Waals surface area contributed by atoms with E-state index >= 15 is 0 Å². The molecule has 18 heavy (non-hydrogen) atoms. The minimum Gasteiger partial charge on any atom is -0.486 e. The van der Waals surface area contributed by atoms with Crippen LogP contribution in [-0.4, -0.2) is 37.1 Å². The number of nitro benzene ring substituents is 1. The molecule has 0 saturated carbocycles. The van der Waals surface area contributed by atoms with E-state index < -0.39 is 14.8 Å². The molecular weight excluding hydrogens is 262 g/mol. The number of aliphatic hydroxyl groups excluding tert-OH is 1. The van der Waals surface area contributed by atoms with Crippen LogP contribution in [0.2, 0.25) is 0 Å². The molecule has 0 fully saturated rings. The second-order valence-corrected chi connectivity index (χ2v) is 5.96. The fourth-order valence-corrected chi connectivity index (χ4v) is 1.61. The van der Waals surface area contributed by atoms with Crippen LogP contribution in [0.15, 0.2) is 18.2 Å². The van der Waals surface area contributed by atoms with E-state index in [1.165, 1.54) is 18.2 Å². The molecule has 1 rings (SSSR count). The van der Waals surface area contributed by atoms with Gasteiger partial charge in [0.15, 0.2) is 15.6 Å². The monoisotopic (exact) mass is 275 g/mol. The lowest BCUT2D eigenvalue weighted by atomic mass is 10.2. The van der Waals surface area contributed by atoms with E-state index in [1.54, 1.807) is 0 Å². The van der Waals surface area contributed by atoms with Gasteiger partial charge in [0.1, 0.15) is 6.61 Å². The van der Waals surface area contributed by atoms with Gasteiger partial charge in [-0.05, 0) is 17.7 Å². The highest BCUT2D eigenvalue weighted by molar-refractivity contribution is 7.90. The molecule has 0 heterocycles. The van der Waals surface area contributed by atoms with E-state index in [0.717, 1.165) is 6.26 Å². The Morgan fingerprint density at radius 3 is 2.61 bits per heavy atom. The van der Waals surface area contributed by atoms with Crippen molar-refractivity contribution in [3.8, 4) is 5.75 Å². The van der Waals surface area contributed by atoms with Crippen molar-refractivity contribution in [2.75, 3.05) is 18.6 Å². The molecule has 0 atom stereocenters. The lowest BCUT2D eigenvalue weighted by Crippen LogP contribution is -2.12. The highest BCUT2D eigenvalue weighted by atomic mass is 32.2. The van der Waals surface area contributed by atoms with Crippen molar-refractivity contribution in [3.05, 3.63) is 33.9 Å². The van der Waals surface area contributed by atoms with Crippen LogP contribution in [0.3, 0.4) is 0 Å². The largest absolute Gasteiger partial charge is 0.486 e. The Morgan fingerprint density at radius 2 is 2.11 bits per heavy atom. The number of hydrogen-bond donors (Lipinski definition) is 1. The highest BCUT2D eigenvalue weighted by Gasteiger charge is 2.16. The fourth-order valence-electron chi connectivity index (χ4n) is 1.23. The molecule has 100 valence electrons. The zero-order valence-corrected chi connectivity index (χ0v) is 10.5. The van der Waals surface area contributed by atoms with Crippen molar-refractivity contribution >= 4 is 15.5 Å². The normalized spacial score (nSPS) is 11.2. The van der Waals surface area contributed by atoms with Crippen LogP contribution in [-0.2, 0) is 16.4 Å². The van der Waals surface area contributed by atoms with Gasteiger partial charge >= 0.3 is 5.69 Å². The number of benzene rings is 1. The van der Waals surface area contributed by atoms with Gasteiger partial charge in [0.2, 0.25) is 0 Å². The van der Waals surface area contributed by atoms with Crippen LogP contribution in [0.4, 0.5) is 5.69 Å². The lowest BCUT2D eigenvalue weighted by molar-refractivity contribution is -0.385. The Balaban J connectivity index is 2.87. The number of nitrogens with zero attached hydrogens (tertiary/aromatic N) is 1. The quantitative estimate of drug-likeness (QED) is 0.598. The minimum atomic E-state index is -3.19. The van der Waals surface area contributed by atoms with Crippen molar-refractivity contribution in [3.63, 3.8) is 0 Å². The molecule has 0 aliphatic rings. The van der Waals surface area contributed by atoms with Gasteiger partial charge in [0, 0.05) is 12.3 Å². The van der Waals surface area contributed by atoms with Crippen molar-refractivity contribution in [2.24, 2.45) is 0 Å². The Hall–Kier alpha value is -1.67. The van der Waals surface area contributed by atoms with E-state index in [0.29, 0.717) is 5.56 Å². The molecule has 1 aromatic rings. The molecule has 0 amide bonds. The number of nitro groups is 1. The summed E-state index contributed by atoms with van der Waals surface area (Å²) in [6, 6.07) is 3.93. The van der Waals surface area contributed by atoms with Crippen molar-refractivity contribution in [1.29, 1.82) is 0 Å². The van der Waals surface area contributed by atoms with E-state index in [9.17, 15) is 18.5 Å². The van der Waals surface area contributed by atoms with Gasteiger partial charge < -0.3 is 9.84 Å². The van der Waals surface area contributed by atoms with Crippen molar-refractivity contribution in [1.82, 2.24) is 0 Å². The maximum absolute atomic E-state index is 10.9. The number of aliphatic hydroxyl groups is 1. The number of ether oxygens (including phenoxy) is 1. The molecule has 0 saturated heterocycles. The molecule has 1 aromatic carbocycles. The van der Waals surface area contributed by atoms with Gasteiger partial charge in [-0.2, -0.15) is 0 Å². The lowest BCUT2D eigenvalue weighted by Gasteiger charge is -2.07.